The molecule has 2 atom stereocenters. The van der Waals surface area contributed by atoms with E-state index in [1.54, 1.807) is 0 Å². The van der Waals surface area contributed by atoms with Gasteiger partial charge in [0.05, 0.1) is 0 Å². The number of hydrogen-bond acceptors (Lipinski definition) is 3. The molecule has 0 radical (unpaired) electrons. The molecule has 0 saturated heterocycles. The van der Waals surface area contributed by atoms with Gasteiger partial charge in [0, 0.05) is 12.1 Å². The maximum atomic E-state index is 2.38. The smallest absolute Gasteiger partial charge is 0.00948 e. The zero-order valence-electron chi connectivity index (χ0n) is 25.1. The molecular weight excluding hydrogens is 390 g/mol. The largest absolute Gasteiger partial charge is 0.309 e. The normalized spacial score (nSPS) is 26.4. The summed E-state index contributed by atoms with van der Waals surface area (Å²) in [6, 6.07) is 1.70. The average Bonchev–Trinajstić information content (AvgIpc) is 3.00. The lowest BCUT2D eigenvalue weighted by atomic mass is 9.65. The fourth-order valence-corrected chi connectivity index (χ4v) is 4.49. The highest BCUT2D eigenvalue weighted by Crippen LogP contribution is 2.43. The molecule has 2 aliphatic carbocycles. The quantitative estimate of drug-likeness (QED) is 0.448. The van der Waals surface area contributed by atoms with Crippen LogP contribution in [-0.2, 0) is 0 Å². The van der Waals surface area contributed by atoms with Crippen molar-refractivity contribution in [2.75, 3.05) is 48.8 Å². The number of nitrogens with zero attached hydrogens (tertiary/aromatic N) is 3. The predicted molar refractivity (Wildman–Crippen MR) is 147 cm³/mol. The molecule has 2 rings (SSSR count). The maximum Gasteiger partial charge on any atom is 0.00948 e. The van der Waals surface area contributed by atoms with Crippen molar-refractivity contribution in [3.8, 4) is 0 Å². The SMILES string of the molecule is CN(C)C1CC(C(C)(C)C)C1.CN(C)C1CCC(C(C)(C)C)C1.CN(C)CCC(C)(C)C. The maximum absolute atomic E-state index is 2.38. The van der Waals surface area contributed by atoms with Gasteiger partial charge in [-0.05, 0) is 115 Å². The molecule has 0 aliphatic heterocycles. The minimum absolute atomic E-state index is 0.490. The molecule has 0 aromatic heterocycles. The molecule has 0 aromatic rings. The minimum Gasteiger partial charge on any atom is -0.309 e. The Kier molecular flexibility index (Phi) is 13.0. The first-order valence-electron chi connectivity index (χ1n) is 13.2. The van der Waals surface area contributed by atoms with Gasteiger partial charge >= 0.3 is 0 Å². The van der Waals surface area contributed by atoms with Crippen LogP contribution in [0.2, 0.25) is 0 Å². The van der Waals surface area contributed by atoms with Gasteiger partial charge < -0.3 is 14.7 Å². The van der Waals surface area contributed by atoms with Crippen LogP contribution in [0.15, 0.2) is 0 Å². The summed E-state index contributed by atoms with van der Waals surface area (Å²) in [5.41, 5.74) is 1.54. The third-order valence-electron chi connectivity index (χ3n) is 7.74. The third kappa shape index (κ3) is 13.6. The van der Waals surface area contributed by atoms with Crippen LogP contribution >= 0.6 is 0 Å². The van der Waals surface area contributed by atoms with Gasteiger partial charge in [0.1, 0.15) is 0 Å². The molecule has 2 saturated carbocycles. The summed E-state index contributed by atoms with van der Waals surface area (Å²) >= 11 is 0. The van der Waals surface area contributed by atoms with E-state index in [1.165, 1.54) is 45.1 Å². The standard InChI is InChI=1S/C11H23N.C10H21N.C8H19N/c1-11(2,3)9-6-7-10(8-9)12(4)5;1-10(2,3)8-6-9(7-8)11(4)5;1-8(2,3)6-7-9(4)5/h9-10H,6-8H2,1-5H3;8-9H,6-7H2,1-5H3;6-7H2,1-5H3. The molecule has 0 aromatic carbocycles. The second kappa shape index (κ2) is 13.1. The monoisotopic (exact) mass is 454 g/mol. The summed E-state index contributed by atoms with van der Waals surface area (Å²) in [5, 5.41) is 0. The van der Waals surface area contributed by atoms with Gasteiger partial charge in [-0.15, -0.1) is 0 Å². The van der Waals surface area contributed by atoms with Crippen molar-refractivity contribution in [1.29, 1.82) is 0 Å². The number of hydrogen-bond donors (Lipinski definition) is 0. The first kappa shape index (κ1) is 31.9. The van der Waals surface area contributed by atoms with Crippen LogP contribution in [0.5, 0.6) is 0 Å². The fourth-order valence-electron chi connectivity index (χ4n) is 4.49. The Morgan fingerprint density at radius 2 is 0.969 bits per heavy atom. The zero-order valence-corrected chi connectivity index (χ0v) is 25.1. The molecule has 0 spiro atoms. The van der Waals surface area contributed by atoms with E-state index < -0.39 is 0 Å². The van der Waals surface area contributed by atoms with Crippen LogP contribution in [0.1, 0.15) is 101 Å². The lowest BCUT2D eigenvalue weighted by molar-refractivity contribution is 0.0468. The minimum atomic E-state index is 0.490. The lowest BCUT2D eigenvalue weighted by Gasteiger charge is -2.46. The first-order valence-corrected chi connectivity index (χ1v) is 13.2. The molecule has 3 heteroatoms. The first-order chi connectivity index (χ1) is 14.2. The molecule has 0 heterocycles. The van der Waals surface area contributed by atoms with Gasteiger partial charge in [0.25, 0.3) is 0 Å². The Hall–Kier alpha value is -0.120. The second-order valence-electron chi connectivity index (χ2n) is 14.8. The Morgan fingerprint density at radius 1 is 0.562 bits per heavy atom. The van der Waals surface area contributed by atoms with Crippen LogP contribution in [0, 0.1) is 28.1 Å². The van der Waals surface area contributed by atoms with E-state index in [4.69, 9.17) is 0 Å². The molecule has 3 nitrogen and oxygen atoms in total. The van der Waals surface area contributed by atoms with Crippen LogP contribution in [0.25, 0.3) is 0 Å². The summed E-state index contributed by atoms with van der Waals surface area (Å²) in [7, 11) is 13.0. The van der Waals surface area contributed by atoms with Gasteiger partial charge in [0.15, 0.2) is 0 Å². The molecule has 194 valence electrons. The van der Waals surface area contributed by atoms with Crippen molar-refractivity contribution in [3.05, 3.63) is 0 Å². The highest BCUT2D eigenvalue weighted by Gasteiger charge is 2.37. The van der Waals surface area contributed by atoms with Crippen molar-refractivity contribution < 1.29 is 0 Å². The van der Waals surface area contributed by atoms with Crippen molar-refractivity contribution in [1.82, 2.24) is 14.7 Å². The molecule has 2 aliphatic rings. The number of rotatable bonds is 4. The molecule has 0 amide bonds. The van der Waals surface area contributed by atoms with Gasteiger partial charge in [-0.2, -0.15) is 0 Å². The van der Waals surface area contributed by atoms with Crippen LogP contribution in [0.3, 0.4) is 0 Å². The molecule has 32 heavy (non-hydrogen) atoms. The summed E-state index contributed by atoms with van der Waals surface area (Å²) in [4.78, 5) is 6.96. The van der Waals surface area contributed by atoms with E-state index >= 15 is 0 Å². The van der Waals surface area contributed by atoms with E-state index in [-0.39, 0.29) is 0 Å². The van der Waals surface area contributed by atoms with E-state index in [1.807, 2.05) is 0 Å². The van der Waals surface area contributed by atoms with E-state index in [9.17, 15) is 0 Å². The molecule has 2 fully saturated rings. The summed E-state index contributed by atoms with van der Waals surface area (Å²) in [6.07, 6.45) is 8.30. The van der Waals surface area contributed by atoms with Gasteiger partial charge in [-0.1, -0.05) is 62.3 Å². The van der Waals surface area contributed by atoms with E-state index in [0.717, 1.165) is 23.9 Å². The van der Waals surface area contributed by atoms with E-state index in [2.05, 4.69) is 119 Å². The molecule has 0 N–H and O–H groups in total. The van der Waals surface area contributed by atoms with Gasteiger partial charge in [-0.25, -0.2) is 0 Å². The molecule has 0 bridgehead atoms. The molecular formula is C29H63N3. The van der Waals surface area contributed by atoms with Crippen molar-refractivity contribution in [2.24, 2.45) is 28.1 Å². The second-order valence-corrected chi connectivity index (χ2v) is 14.8. The van der Waals surface area contributed by atoms with Crippen molar-refractivity contribution in [3.63, 3.8) is 0 Å². The van der Waals surface area contributed by atoms with Gasteiger partial charge in [0.2, 0.25) is 0 Å². The van der Waals surface area contributed by atoms with Crippen LogP contribution in [0.4, 0.5) is 0 Å². The van der Waals surface area contributed by atoms with Crippen molar-refractivity contribution in [2.45, 2.75) is 113 Å². The summed E-state index contributed by atoms with van der Waals surface area (Å²) in [6.45, 7) is 22.2. The summed E-state index contributed by atoms with van der Waals surface area (Å²) < 4.78 is 0. The van der Waals surface area contributed by atoms with Gasteiger partial charge in [-0.3, -0.25) is 0 Å². The Labute approximate surface area is 204 Å². The van der Waals surface area contributed by atoms with Crippen LogP contribution in [-0.4, -0.2) is 75.6 Å². The Morgan fingerprint density at radius 3 is 1.19 bits per heavy atom. The van der Waals surface area contributed by atoms with E-state index in [0.29, 0.717) is 16.2 Å². The average molecular weight is 454 g/mol. The Bertz CT molecular complexity index is 482. The lowest BCUT2D eigenvalue weighted by Crippen LogP contribution is -2.45. The third-order valence-corrected chi connectivity index (χ3v) is 7.74. The van der Waals surface area contributed by atoms with Crippen LogP contribution < -0.4 is 0 Å². The predicted octanol–water partition coefficient (Wildman–Crippen LogP) is 7.12. The highest BCUT2D eigenvalue weighted by atomic mass is 15.1. The highest BCUT2D eigenvalue weighted by molar-refractivity contribution is 4.91. The topological polar surface area (TPSA) is 9.72 Å². The fraction of sp³-hybridized carbons (Fsp3) is 1.00. The zero-order chi connectivity index (χ0) is 25.5. The summed E-state index contributed by atoms with van der Waals surface area (Å²) in [5.74, 6) is 1.89. The Balaban J connectivity index is 0.000000456. The van der Waals surface area contributed by atoms with Crippen molar-refractivity contribution >= 4 is 0 Å². The molecule has 2 unspecified atom stereocenters.